The molecule has 0 N–H and O–H groups in total. The van der Waals surface area contributed by atoms with Crippen LogP contribution in [0.2, 0.25) is 0 Å². The summed E-state index contributed by atoms with van der Waals surface area (Å²) in [5, 5.41) is 4.88. The molecule has 130 valence electrons. The Bertz CT molecular complexity index is 820. The summed E-state index contributed by atoms with van der Waals surface area (Å²) < 4.78 is 5.59. The third-order valence-corrected chi connectivity index (χ3v) is 4.90. The number of methoxy groups -OCH3 is 1. The van der Waals surface area contributed by atoms with Crippen molar-refractivity contribution in [2.75, 3.05) is 12.0 Å². The molecule has 25 heavy (non-hydrogen) atoms. The number of carbonyl (C=O) groups excluding carboxylic acids is 4. The molecule has 1 spiro atoms. The van der Waals surface area contributed by atoms with Crippen molar-refractivity contribution in [1.29, 1.82) is 0 Å². The van der Waals surface area contributed by atoms with Crippen molar-refractivity contribution < 1.29 is 23.9 Å². The summed E-state index contributed by atoms with van der Waals surface area (Å²) in [7, 11) is 1.19. The molecule has 2 aliphatic rings. The van der Waals surface area contributed by atoms with Crippen molar-refractivity contribution in [2.24, 2.45) is 5.10 Å². The molecule has 1 atom stereocenters. The Balaban J connectivity index is 2.01. The van der Waals surface area contributed by atoms with E-state index in [9.17, 15) is 19.2 Å². The first-order valence-corrected chi connectivity index (χ1v) is 8.47. The molecule has 8 nitrogen and oxygen atoms in total. The van der Waals surface area contributed by atoms with Crippen LogP contribution in [0, 0.1) is 3.57 Å². The summed E-state index contributed by atoms with van der Waals surface area (Å²) in [4.78, 5) is 50.5. The van der Waals surface area contributed by atoms with Crippen molar-refractivity contribution in [1.82, 2.24) is 5.01 Å². The standard InChI is InChI=1S/C16H14IN3O5/c1-9(21)20-16(7-12(18-20)14(23)25-2)8-13(22)19(15(16)24)11-5-3-10(17)4-6-11/h3-6H,7-8H2,1-2H3. The van der Waals surface area contributed by atoms with Crippen molar-refractivity contribution in [3.05, 3.63) is 27.8 Å². The van der Waals surface area contributed by atoms with E-state index in [-0.39, 0.29) is 18.6 Å². The van der Waals surface area contributed by atoms with Gasteiger partial charge in [-0.3, -0.25) is 14.4 Å². The lowest BCUT2D eigenvalue weighted by Crippen LogP contribution is -2.51. The molecular weight excluding hydrogens is 441 g/mol. The summed E-state index contributed by atoms with van der Waals surface area (Å²) in [6, 6.07) is 6.86. The highest BCUT2D eigenvalue weighted by Gasteiger charge is 2.61. The maximum absolute atomic E-state index is 13.1. The van der Waals surface area contributed by atoms with Gasteiger partial charge in [-0.25, -0.2) is 14.7 Å². The Kier molecular flexibility index (Phi) is 4.35. The zero-order valence-corrected chi connectivity index (χ0v) is 15.6. The van der Waals surface area contributed by atoms with Crippen LogP contribution >= 0.6 is 22.6 Å². The largest absolute Gasteiger partial charge is 0.464 e. The molecule has 9 heteroatoms. The van der Waals surface area contributed by atoms with E-state index in [0.717, 1.165) is 13.5 Å². The molecule has 0 radical (unpaired) electrons. The predicted molar refractivity (Wildman–Crippen MR) is 95.6 cm³/mol. The molecule has 2 heterocycles. The zero-order valence-electron chi connectivity index (χ0n) is 13.5. The molecule has 1 fully saturated rings. The Morgan fingerprint density at radius 1 is 1.20 bits per heavy atom. The van der Waals surface area contributed by atoms with E-state index in [0.29, 0.717) is 5.69 Å². The van der Waals surface area contributed by atoms with Crippen LogP contribution in [0.1, 0.15) is 19.8 Å². The van der Waals surface area contributed by atoms with E-state index in [4.69, 9.17) is 0 Å². The number of nitrogens with zero attached hydrogens (tertiary/aromatic N) is 3. The first-order chi connectivity index (χ1) is 11.8. The van der Waals surface area contributed by atoms with Gasteiger partial charge in [-0.05, 0) is 46.9 Å². The monoisotopic (exact) mass is 455 g/mol. The summed E-state index contributed by atoms with van der Waals surface area (Å²) in [6.07, 6.45) is -0.383. The molecule has 1 aromatic carbocycles. The summed E-state index contributed by atoms with van der Waals surface area (Å²) in [5.74, 6) is -2.27. The number of ether oxygens (including phenoxy) is 1. The summed E-state index contributed by atoms with van der Waals surface area (Å²) in [6.45, 7) is 1.23. The van der Waals surface area contributed by atoms with E-state index < -0.39 is 29.2 Å². The SMILES string of the molecule is COC(=O)C1=NN(C(C)=O)C2(CC(=O)N(c3ccc(I)cc3)C2=O)C1. The van der Waals surface area contributed by atoms with Gasteiger partial charge >= 0.3 is 5.97 Å². The number of hydrogen-bond donors (Lipinski definition) is 0. The number of hydrazone groups is 1. The highest BCUT2D eigenvalue weighted by atomic mass is 127. The van der Waals surface area contributed by atoms with Crippen LogP contribution in [0.5, 0.6) is 0 Å². The summed E-state index contributed by atoms with van der Waals surface area (Å²) in [5.41, 5.74) is -1.14. The fourth-order valence-corrected chi connectivity index (χ4v) is 3.45. The lowest BCUT2D eigenvalue weighted by molar-refractivity contribution is -0.141. The quantitative estimate of drug-likeness (QED) is 0.378. The van der Waals surface area contributed by atoms with Crippen LogP contribution in [0.3, 0.4) is 0 Å². The number of amides is 3. The Hall–Kier alpha value is -2.30. The number of anilines is 1. The molecule has 0 saturated carbocycles. The molecule has 0 aliphatic carbocycles. The Labute approximate surface area is 156 Å². The lowest BCUT2D eigenvalue weighted by Gasteiger charge is -2.28. The molecule has 1 saturated heterocycles. The highest BCUT2D eigenvalue weighted by Crippen LogP contribution is 2.40. The third-order valence-electron chi connectivity index (χ3n) is 4.18. The van der Waals surface area contributed by atoms with Gasteiger partial charge in [-0.15, -0.1) is 0 Å². The van der Waals surface area contributed by atoms with Crippen molar-refractivity contribution >= 4 is 57.7 Å². The average Bonchev–Trinajstić information content (AvgIpc) is 3.07. The summed E-state index contributed by atoms with van der Waals surface area (Å²) >= 11 is 2.12. The molecule has 2 aliphatic heterocycles. The minimum absolute atomic E-state index is 0.0525. The number of rotatable bonds is 2. The van der Waals surface area contributed by atoms with Gasteiger partial charge in [-0.2, -0.15) is 5.10 Å². The van der Waals surface area contributed by atoms with Gasteiger partial charge < -0.3 is 4.74 Å². The second-order valence-electron chi connectivity index (χ2n) is 5.76. The maximum atomic E-state index is 13.1. The van der Waals surface area contributed by atoms with Crippen molar-refractivity contribution in [3.8, 4) is 0 Å². The average molecular weight is 455 g/mol. The molecule has 1 unspecified atom stereocenters. The van der Waals surface area contributed by atoms with Gasteiger partial charge in [0.25, 0.3) is 5.91 Å². The van der Waals surface area contributed by atoms with Gasteiger partial charge in [0.05, 0.1) is 19.2 Å². The highest BCUT2D eigenvalue weighted by molar-refractivity contribution is 14.1. The van der Waals surface area contributed by atoms with Crippen LogP contribution in [0.4, 0.5) is 5.69 Å². The number of hydrogen-bond acceptors (Lipinski definition) is 6. The first kappa shape index (κ1) is 17.5. The van der Waals surface area contributed by atoms with E-state index >= 15 is 0 Å². The minimum atomic E-state index is -1.50. The molecule has 1 aromatic rings. The normalized spacial score (nSPS) is 22.6. The fraction of sp³-hybridized carbons (Fsp3) is 0.312. The Morgan fingerprint density at radius 2 is 1.84 bits per heavy atom. The topological polar surface area (TPSA) is 96.3 Å². The zero-order chi connectivity index (χ0) is 18.4. The molecule has 3 rings (SSSR count). The van der Waals surface area contributed by atoms with E-state index in [1.165, 1.54) is 14.0 Å². The number of imide groups is 1. The minimum Gasteiger partial charge on any atom is -0.464 e. The van der Waals surface area contributed by atoms with Gasteiger partial charge in [0.2, 0.25) is 11.8 Å². The van der Waals surface area contributed by atoms with Gasteiger partial charge in [0.15, 0.2) is 5.54 Å². The predicted octanol–water partition coefficient (Wildman–Crippen LogP) is 1.07. The number of halogens is 1. The molecule has 0 aromatic heterocycles. The van der Waals surface area contributed by atoms with E-state index in [2.05, 4.69) is 32.4 Å². The molecule has 0 bridgehead atoms. The van der Waals surface area contributed by atoms with Crippen molar-refractivity contribution in [3.63, 3.8) is 0 Å². The van der Waals surface area contributed by atoms with Crippen LogP contribution in [-0.2, 0) is 23.9 Å². The van der Waals surface area contributed by atoms with Crippen LogP contribution in [0.25, 0.3) is 0 Å². The smallest absolute Gasteiger partial charge is 0.354 e. The first-order valence-electron chi connectivity index (χ1n) is 7.40. The number of carbonyl (C=O) groups is 4. The lowest BCUT2D eigenvalue weighted by atomic mass is 9.91. The molecule has 3 amide bonds. The van der Waals surface area contributed by atoms with Gasteiger partial charge in [0, 0.05) is 16.9 Å². The van der Waals surface area contributed by atoms with Gasteiger partial charge in [0.1, 0.15) is 5.71 Å². The number of esters is 1. The van der Waals surface area contributed by atoms with E-state index in [1.807, 2.05) is 0 Å². The maximum Gasteiger partial charge on any atom is 0.354 e. The molecular formula is C16H14IN3O5. The Morgan fingerprint density at radius 3 is 2.40 bits per heavy atom. The van der Waals surface area contributed by atoms with Gasteiger partial charge in [-0.1, -0.05) is 0 Å². The van der Waals surface area contributed by atoms with E-state index in [1.54, 1.807) is 24.3 Å². The van der Waals surface area contributed by atoms with Crippen molar-refractivity contribution in [2.45, 2.75) is 25.3 Å². The second-order valence-corrected chi connectivity index (χ2v) is 7.01. The second kappa shape index (κ2) is 6.21. The third kappa shape index (κ3) is 2.71. The fourth-order valence-electron chi connectivity index (χ4n) is 3.09. The van der Waals surface area contributed by atoms with Crippen LogP contribution in [0.15, 0.2) is 29.4 Å². The van der Waals surface area contributed by atoms with Crippen LogP contribution < -0.4 is 4.90 Å². The van der Waals surface area contributed by atoms with Crippen LogP contribution in [-0.4, -0.2) is 47.1 Å². The number of benzene rings is 1.